The van der Waals surface area contributed by atoms with Gasteiger partial charge in [0, 0.05) is 38.6 Å². The molecule has 2 heterocycles. The standard InChI is InChI=1S/C20H29FN2O2S/c1-25-19-12-15(4-6-17(19)21)13-22-10-8-18-16(14-22)5-7-20(24)23(18)9-3-11-26-2/h4,6,12,16,18H,3,5,7-11,13-14H2,1-2H3/t16-,18+/m0/s1. The second-order valence-electron chi connectivity index (χ2n) is 7.29. The number of hydrogen-bond acceptors (Lipinski definition) is 4. The Bertz CT molecular complexity index is 628. The highest BCUT2D eigenvalue weighted by Crippen LogP contribution is 2.32. The molecule has 4 nitrogen and oxygen atoms in total. The largest absolute Gasteiger partial charge is 0.494 e. The number of methoxy groups -OCH3 is 1. The second-order valence-corrected chi connectivity index (χ2v) is 8.28. The molecular formula is C20H29FN2O2S. The number of thioether (sulfide) groups is 1. The minimum absolute atomic E-state index is 0.306. The average molecular weight is 381 g/mol. The molecule has 144 valence electrons. The molecule has 2 saturated heterocycles. The van der Waals surface area contributed by atoms with Gasteiger partial charge in [0.25, 0.3) is 0 Å². The van der Waals surface area contributed by atoms with E-state index in [-0.39, 0.29) is 5.82 Å². The van der Waals surface area contributed by atoms with Crippen molar-refractivity contribution in [1.82, 2.24) is 9.80 Å². The summed E-state index contributed by atoms with van der Waals surface area (Å²) in [7, 11) is 1.50. The van der Waals surface area contributed by atoms with E-state index in [1.807, 2.05) is 17.8 Å². The van der Waals surface area contributed by atoms with E-state index in [0.29, 0.717) is 30.0 Å². The lowest BCUT2D eigenvalue weighted by Gasteiger charge is -2.47. The lowest BCUT2D eigenvalue weighted by Crippen LogP contribution is -2.56. The van der Waals surface area contributed by atoms with Gasteiger partial charge in [-0.1, -0.05) is 6.07 Å². The summed E-state index contributed by atoms with van der Waals surface area (Å²) >= 11 is 1.84. The quantitative estimate of drug-likeness (QED) is 0.679. The smallest absolute Gasteiger partial charge is 0.222 e. The fraction of sp³-hybridized carbons (Fsp3) is 0.650. The number of likely N-dealkylation sites (tertiary alicyclic amines) is 2. The van der Waals surface area contributed by atoms with Crippen LogP contribution in [0.2, 0.25) is 0 Å². The second kappa shape index (κ2) is 9.09. The molecule has 0 bridgehead atoms. The van der Waals surface area contributed by atoms with Gasteiger partial charge in [-0.3, -0.25) is 9.69 Å². The van der Waals surface area contributed by atoms with Gasteiger partial charge in [-0.15, -0.1) is 0 Å². The Hall–Kier alpha value is -1.27. The zero-order valence-electron chi connectivity index (χ0n) is 15.7. The van der Waals surface area contributed by atoms with E-state index >= 15 is 0 Å². The summed E-state index contributed by atoms with van der Waals surface area (Å²) in [4.78, 5) is 17.0. The molecule has 3 rings (SSSR count). The van der Waals surface area contributed by atoms with Crippen LogP contribution in [-0.4, -0.2) is 60.5 Å². The molecule has 0 spiro atoms. The fourth-order valence-electron chi connectivity index (χ4n) is 4.30. The SMILES string of the molecule is COc1cc(CN2CC[C@@H]3[C@@H](CCC(=O)N3CCCSC)C2)ccc1F. The van der Waals surface area contributed by atoms with E-state index in [1.165, 1.54) is 13.2 Å². The van der Waals surface area contributed by atoms with Crippen LogP contribution >= 0.6 is 11.8 Å². The number of carbonyl (C=O) groups is 1. The van der Waals surface area contributed by atoms with Crippen molar-refractivity contribution < 1.29 is 13.9 Å². The molecule has 2 aliphatic heterocycles. The number of halogens is 1. The van der Waals surface area contributed by atoms with Crippen LogP contribution in [0.4, 0.5) is 4.39 Å². The highest BCUT2D eigenvalue weighted by Gasteiger charge is 2.38. The maximum absolute atomic E-state index is 13.6. The van der Waals surface area contributed by atoms with Crippen LogP contribution in [0.1, 0.15) is 31.2 Å². The van der Waals surface area contributed by atoms with Gasteiger partial charge in [-0.25, -0.2) is 4.39 Å². The summed E-state index contributed by atoms with van der Waals surface area (Å²) < 4.78 is 18.7. The van der Waals surface area contributed by atoms with Gasteiger partial charge in [-0.05, 0) is 54.9 Å². The molecule has 0 aliphatic carbocycles. The van der Waals surface area contributed by atoms with E-state index < -0.39 is 0 Å². The lowest BCUT2D eigenvalue weighted by molar-refractivity contribution is -0.141. The molecule has 1 aromatic carbocycles. The van der Waals surface area contributed by atoms with Crippen molar-refractivity contribution in [3.05, 3.63) is 29.6 Å². The minimum Gasteiger partial charge on any atom is -0.494 e. The Morgan fingerprint density at radius 3 is 2.96 bits per heavy atom. The van der Waals surface area contributed by atoms with Crippen molar-refractivity contribution in [3.63, 3.8) is 0 Å². The molecule has 2 aliphatic rings. The Labute approximate surface area is 160 Å². The van der Waals surface area contributed by atoms with Crippen molar-refractivity contribution in [2.75, 3.05) is 38.8 Å². The van der Waals surface area contributed by atoms with Gasteiger partial charge in [0.1, 0.15) is 0 Å². The maximum atomic E-state index is 13.6. The van der Waals surface area contributed by atoms with Crippen LogP contribution in [-0.2, 0) is 11.3 Å². The van der Waals surface area contributed by atoms with Crippen LogP contribution < -0.4 is 4.74 Å². The topological polar surface area (TPSA) is 32.8 Å². The Balaban J connectivity index is 1.60. The summed E-state index contributed by atoms with van der Waals surface area (Å²) in [5, 5.41) is 0. The predicted octanol–water partition coefficient (Wildman–Crippen LogP) is 3.40. The highest BCUT2D eigenvalue weighted by atomic mass is 32.2. The Morgan fingerprint density at radius 1 is 1.35 bits per heavy atom. The van der Waals surface area contributed by atoms with Gasteiger partial charge in [0.05, 0.1) is 7.11 Å². The minimum atomic E-state index is -0.318. The molecule has 1 amide bonds. The third-order valence-electron chi connectivity index (χ3n) is 5.60. The van der Waals surface area contributed by atoms with Crippen molar-refractivity contribution in [1.29, 1.82) is 0 Å². The first-order valence-corrected chi connectivity index (χ1v) is 10.8. The molecule has 2 atom stereocenters. The van der Waals surface area contributed by atoms with Gasteiger partial charge in [0.2, 0.25) is 5.91 Å². The molecule has 6 heteroatoms. The summed E-state index contributed by atoms with van der Waals surface area (Å²) in [5.74, 6) is 1.99. The van der Waals surface area contributed by atoms with Gasteiger partial charge < -0.3 is 9.64 Å². The van der Waals surface area contributed by atoms with E-state index in [9.17, 15) is 9.18 Å². The number of ether oxygens (including phenoxy) is 1. The lowest BCUT2D eigenvalue weighted by atomic mass is 9.83. The van der Waals surface area contributed by atoms with Gasteiger partial charge in [0.15, 0.2) is 11.6 Å². The average Bonchev–Trinajstić information content (AvgIpc) is 2.65. The molecule has 2 fully saturated rings. The molecule has 1 aromatic rings. The zero-order valence-corrected chi connectivity index (χ0v) is 16.6. The van der Waals surface area contributed by atoms with Crippen molar-refractivity contribution in [2.45, 2.75) is 38.3 Å². The Kier molecular flexibility index (Phi) is 6.81. The summed E-state index contributed by atoms with van der Waals surface area (Å²) in [6.07, 6.45) is 5.90. The first-order chi connectivity index (χ1) is 12.6. The third kappa shape index (κ3) is 4.52. The van der Waals surface area contributed by atoms with Crippen molar-refractivity contribution >= 4 is 17.7 Å². The number of rotatable bonds is 7. The number of nitrogens with zero attached hydrogens (tertiary/aromatic N) is 2. The third-order valence-corrected chi connectivity index (χ3v) is 6.29. The fourth-order valence-corrected chi connectivity index (χ4v) is 4.72. The predicted molar refractivity (Wildman–Crippen MR) is 104 cm³/mol. The normalized spacial score (nSPS) is 23.8. The van der Waals surface area contributed by atoms with E-state index in [4.69, 9.17) is 4.74 Å². The van der Waals surface area contributed by atoms with E-state index in [1.54, 1.807) is 6.07 Å². The first kappa shape index (κ1) is 19.5. The Morgan fingerprint density at radius 2 is 2.19 bits per heavy atom. The molecule has 0 saturated carbocycles. The number of hydrogen-bond donors (Lipinski definition) is 0. The summed E-state index contributed by atoms with van der Waals surface area (Å²) in [6, 6.07) is 5.51. The molecule has 0 radical (unpaired) electrons. The molecule has 26 heavy (non-hydrogen) atoms. The number of amides is 1. The van der Waals surface area contributed by atoms with E-state index in [0.717, 1.165) is 56.8 Å². The van der Waals surface area contributed by atoms with Crippen LogP contribution in [0.5, 0.6) is 5.75 Å². The zero-order chi connectivity index (χ0) is 18.5. The van der Waals surface area contributed by atoms with Gasteiger partial charge >= 0.3 is 0 Å². The van der Waals surface area contributed by atoms with Crippen molar-refractivity contribution in [2.24, 2.45) is 5.92 Å². The molecule has 0 N–H and O–H groups in total. The molecular weight excluding hydrogens is 351 g/mol. The van der Waals surface area contributed by atoms with E-state index in [2.05, 4.69) is 16.1 Å². The van der Waals surface area contributed by atoms with Crippen molar-refractivity contribution in [3.8, 4) is 5.75 Å². The van der Waals surface area contributed by atoms with Crippen LogP contribution in [0.3, 0.4) is 0 Å². The molecule has 0 unspecified atom stereocenters. The van der Waals surface area contributed by atoms with Crippen LogP contribution in [0.25, 0.3) is 0 Å². The van der Waals surface area contributed by atoms with Gasteiger partial charge in [-0.2, -0.15) is 11.8 Å². The number of carbonyl (C=O) groups excluding carboxylic acids is 1. The monoisotopic (exact) mass is 380 g/mol. The maximum Gasteiger partial charge on any atom is 0.222 e. The highest BCUT2D eigenvalue weighted by molar-refractivity contribution is 7.98. The van der Waals surface area contributed by atoms with Crippen LogP contribution in [0.15, 0.2) is 18.2 Å². The van der Waals surface area contributed by atoms with Crippen LogP contribution in [0, 0.1) is 11.7 Å². The summed E-state index contributed by atoms with van der Waals surface area (Å²) in [5.41, 5.74) is 1.07. The summed E-state index contributed by atoms with van der Waals surface area (Å²) in [6.45, 7) is 3.69. The number of benzene rings is 1. The number of fused-ring (bicyclic) bond motifs is 1. The molecule has 0 aromatic heterocycles. The first-order valence-electron chi connectivity index (χ1n) is 9.45. The number of piperidine rings is 2.